The highest BCUT2D eigenvalue weighted by molar-refractivity contribution is 7.17. The van der Waals surface area contributed by atoms with E-state index < -0.39 is 6.10 Å². The average Bonchev–Trinajstić information content (AvgIpc) is 3.26. The number of carbonyl (C=O) groups is 2. The van der Waals surface area contributed by atoms with E-state index in [0.717, 1.165) is 24.3 Å². The van der Waals surface area contributed by atoms with Crippen molar-refractivity contribution in [2.24, 2.45) is 0 Å². The van der Waals surface area contributed by atoms with Gasteiger partial charge in [0.15, 0.2) is 0 Å². The van der Waals surface area contributed by atoms with Gasteiger partial charge in [0.05, 0.1) is 15.3 Å². The van der Waals surface area contributed by atoms with Crippen molar-refractivity contribution in [1.29, 1.82) is 0 Å². The number of benzene rings is 1. The smallest absolute Gasteiger partial charge is 0.261 e. The van der Waals surface area contributed by atoms with Gasteiger partial charge in [-0.25, -0.2) is 0 Å². The lowest BCUT2D eigenvalue weighted by molar-refractivity contribution is -0.117. The fourth-order valence-electron chi connectivity index (χ4n) is 2.72. The van der Waals surface area contributed by atoms with Crippen LogP contribution in [0, 0.1) is 0 Å². The molecule has 6 nitrogen and oxygen atoms in total. The molecule has 1 fully saturated rings. The maximum atomic E-state index is 11.9. The molecule has 1 aliphatic rings. The van der Waals surface area contributed by atoms with E-state index in [0.29, 0.717) is 22.2 Å². The molecule has 1 aromatic heterocycles. The van der Waals surface area contributed by atoms with Gasteiger partial charge in [-0.1, -0.05) is 11.6 Å². The van der Waals surface area contributed by atoms with Crippen molar-refractivity contribution in [2.45, 2.75) is 18.9 Å². The molecule has 3 rings (SSSR count). The standard InChI is InChI=1S/C18H20ClN3O3S/c19-16-8-7-15(26-16)18(25)21-11-14(23)10-20-12-3-5-13(6-4-12)22-9-1-2-17(22)24/h3-8,14,20,23H,1-2,9-11H2,(H,21,25). The number of hydrogen-bond acceptors (Lipinski definition) is 5. The predicted molar refractivity (Wildman–Crippen MR) is 104 cm³/mol. The van der Waals surface area contributed by atoms with Crippen molar-refractivity contribution in [3.05, 3.63) is 45.6 Å². The summed E-state index contributed by atoms with van der Waals surface area (Å²) < 4.78 is 0.552. The topological polar surface area (TPSA) is 81.7 Å². The van der Waals surface area contributed by atoms with Crippen molar-refractivity contribution in [3.8, 4) is 0 Å². The van der Waals surface area contributed by atoms with Gasteiger partial charge < -0.3 is 20.6 Å². The normalized spacial score (nSPS) is 15.2. The van der Waals surface area contributed by atoms with E-state index in [4.69, 9.17) is 11.6 Å². The number of halogens is 1. The predicted octanol–water partition coefficient (Wildman–Crippen LogP) is 2.73. The van der Waals surface area contributed by atoms with Crippen molar-refractivity contribution < 1.29 is 14.7 Å². The fourth-order valence-corrected chi connectivity index (χ4v) is 3.68. The summed E-state index contributed by atoms with van der Waals surface area (Å²) in [7, 11) is 0. The molecular weight excluding hydrogens is 374 g/mol. The molecule has 2 heterocycles. The lowest BCUT2D eigenvalue weighted by atomic mass is 10.2. The van der Waals surface area contributed by atoms with Crippen LogP contribution < -0.4 is 15.5 Å². The van der Waals surface area contributed by atoms with E-state index in [1.54, 1.807) is 17.0 Å². The Balaban J connectivity index is 1.43. The van der Waals surface area contributed by atoms with Crippen LogP contribution in [-0.2, 0) is 4.79 Å². The Labute approximate surface area is 160 Å². The molecule has 1 aromatic carbocycles. The summed E-state index contributed by atoms with van der Waals surface area (Å²) in [4.78, 5) is 25.9. The summed E-state index contributed by atoms with van der Waals surface area (Å²) in [6.45, 7) is 1.20. The van der Waals surface area contributed by atoms with Gasteiger partial charge >= 0.3 is 0 Å². The maximum absolute atomic E-state index is 11.9. The number of aliphatic hydroxyl groups is 1. The number of thiophene rings is 1. The van der Waals surface area contributed by atoms with Crippen LogP contribution in [0.5, 0.6) is 0 Å². The van der Waals surface area contributed by atoms with Crippen molar-refractivity contribution in [2.75, 3.05) is 29.9 Å². The lowest BCUT2D eigenvalue weighted by Crippen LogP contribution is -2.35. The lowest BCUT2D eigenvalue weighted by Gasteiger charge is -2.17. The van der Waals surface area contributed by atoms with Crippen LogP contribution in [0.3, 0.4) is 0 Å². The summed E-state index contributed by atoms with van der Waals surface area (Å²) in [6, 6.07) is 10.8. The van der Waals surface area contributed by atoms with E-state index in [1.807, 2.05) is 24.3 Å². The zero-order chi connectivity index (χ0) is 18.5. The summed E-state index contributed by atoms with van der Waals surface area (Å²) in [5.41, 5.74) is 1.73. The zero-order valence-corrected chi connectivity index (χ0v) is 15.6. The molecule has 1 aliphatic heterocycles. The second kappa shape index (κ2) is 8.53. The van der Waals surface area contributed by atoms with Crippen LogP contribution in [0.25, 0.3) is 0 Å². The molecule has 0 spiro atoms. The number of nitrogens with zero attached hydrogens (tertiary/aromatic N) is 1. The number of hydrogen-bond donors (Lipinski definition) is 3. The van der Waals surface area contributed by atoms with Crippen molar-refractivity contribution >= 4 is 46.1 Å². The molecule has 0 aliphatic carbocycles. The van der Waals surface area contributed by atoms with Crippen LogP contribution in [0.4, 0.5) is 11.4 Å². The van der Waals surface area contributed by atoms with Gasteiger partial charge in [-0.15, -0.1) is 11.3 Å². The first kappa shape index (κ1) is 18.7. The first-order valence-electron chi connectivity index (χ1n) is 8.39. The summed E-state index contributed by atoms with van der Waals surface area (Å²) in [6.07, 6.45) is 0.776. The average molecular weight is 394 g/mol. The van der Waals surface area contributed by atoms with Gasteiger partial charge in [0.1, 0.15) is 0 Å². The number of anilines is 2. The molecule has 0 bridgehead atoms. The SMILES string of the molecule is O=C(NCC(O)CNc1ccc(N2CCCC2=O)cc1)c1ccc(Cl)s1. The van der Waals surface area contributed by atoms with E-state index in [2.05, 4.69) is 10.6 Å². The third-order valence-electron chi connectivity index (χ3n) is 4.09. The van der Waals surface area contributed by atoms with Crippen LogP contribution in [-0.4, -0.2) is 42.7 Å². The Morgan fingerprint density at radius 2 is 2.00 bits per heavy atom. The zero-order valence-electron chi connectivity index (χ0n) is 14.1. The summed E-state index contributed by atoms with van der Waals surface area (Å²) >= 11 is 7.00. The molecule has 1 saturated heterocycles. The first-order chi connectivity index (χ1) is 12.5. The van der Waals surface area contributed by atoms with E-state index in [-0.39, 0.29) is 18.4 Å². The van der Waals surface area contributed by atoms with Gasteiger partial charge in [0.25, 0.3) is 5.91 Å². The summed E-state index contributed by atoms with van der Waals surface area (Å²) in [5, 5.41) is 15.8. The Kier molecular flexibility index (Phi) is 6.13. The number of rotatable bonds is 7. The third-order valence-corrected chi connectivity index (χ3v) is 5.32. The Morgan fingerprint density at radius 1 is 1.23 bits per heavy atom. The fraction of sp³-hybridized carbons (Fsp3) is 0.333. The van der Waals surface area contributed by atoms with E-state index in [9.17, 15) is 14.7 Å². The number of aliphatic hydroxyl groups excluding tert-OH is 1. The van der Waals surface area contributed by atoms with Crippen LogP contribution >= 0.6 is 22.9 Å². The minimum atomic E-state index is -0.728. The Bertz CT molecular complexity index is 778. The Morgan fingerprint density at radius 3 is 2.62 bits per heavy atom. The highest BCUT2D eigenvalue weighted by atomic mass is 35.5. The third kappa shape index (κ3) is 4.75. The molecule has 8 heteroatoms. The molecule has 2 aromatic rings. The monoisotopic (exact) mass is 393 g/mol. The molecule has 3 N–H and O–H groups in total. The van der Waals surface area contributed by atoms with Crippen LogP contribution in [0.1, 0.15) is 22.5 Å². The van der Waals surface area contributed by atoms with Crippen molar-refractivity contribution in [3.63, 3.8) is 0 Å². The van der Waals surface area contributed by atoms with E-state index in [1.165, 1.54) is 11.3 Å². The van der Waals surface area contributed by atoms with Gasteiger partial charge in [0.2, 0.25) is 5.91 Å². The van der Waals surface area contributed by atoms with E-state index >= 15 is 0 Å². The summed E-state index contributed by atoms with van der Waals surface area (Å²) in [5.74, 6) is -0.0931. The number of nitrogens with one attached hydrogen (secondary N) is 2. The highest BCUT2D eigenvalue weighted by Gasteiger charge is 2.21. The minimum Gasteiger partial charge on any atom is -0.389 e. The molecule has 2 amide bonds. The largest absolute Gasteiger partial charge is 0.389 e. The Hall–Kier alpha value is -2.09. The molecule has 0 radical (unpaired) electrons. The molecule has 138 valence electrons. The maximum Gasteiger partial charge on any atom is 0.261 e. The second-order valence-corrected chi connectivity index (χ2v) is 7.76. The molecule has 1 unspecified atom stereocenters. The number of carbonyl (C=O) groups excluding carboxylic acids is 2. The van der Waals surface area contributed by atoms with Crippen LogP contribution in [0.2, 0.25) is 4.34 Å². The number of amides is 2. The van der Waals surface area contributed by atoms with Gasteiger partial charge in [-0.05, 0) is 42.8 Å². The van der Waals surface area contributed by atoms with Crippen molar-refractivity contribution in [1.82, 2.24) is 5.32 Å². The van der Waals surface area contributed by atoms with Gasteiger partial charge in [-0.3, -0.25) is 9.59 Å². The second-order valence-electron chi connectivity index (χ2n) is 6.04. The van der Waals surface area contributed by atoms with Gasteiger partial charge in [-0.2, -0.15) is 0 Å². The molecular formula is C18H20ClN3O3S. The highest BCUT2D eigenvalue weighted by Crippen LogP contribution is 2.23. The molecule has 1 atom stereocenters. The molecule has 0 saturated carbocycles. The quantitative estimate of drug-likeness (QED) is 0.675. The minimum absolute atomic E-state index is 0.141. The van der Waals surface area contributed by atoms with Crippen LogP contribution in [0.15, 0.2) is 36.4 Å². The first-order valence-corrected chi connectivity index (χ1v) is 9.58. The van der Waals surface area contributed by atoms with Gasteiger partial charge in [0, 0.05) is 37.4 Å². The molecule has 26 heavy (non-hydrogen) atoms.